The summed E-state index contributed by atoms with van der Waals surface area (Å²) in [6.45, 7) is 4.09. The van der Waals surface area contributed by atoms with Crippen LogP contribution in [0.2, 0.25) is 0 Å². The maximum atomic E-state index is 12.2. The number of methoxy groups -OCH3 is 1. The molecule has 0 radical (unpaired) electrons. The van der Waals surface area contributed by atoms with Gasteiger partial charge in [-0.1, -0.05) is 6.07 Å². The Balaban J connectivity index is 1.77. The van der Waals surface area contributed by atoms with Gasteiger partial charge in [0.05, 0.1) is 13.3 Å². The number of hydrogen-bond acceptors (Lipinski definition) is 3. The number of halogens is 1. The molecule has 1 aromatic heterocycles. The third kappa shape index (κ3) is 4.39. The lowest BCUT2D eigenvalue weighted by atomic mass is 10.2. The minimum Gasteiger partial charge on any atom is -0.497 e. The summed E-state index contributed by atoms with van der Waals surface area (Å²) >= 11 is 2.29. The molecular formula is C21H20IN3O2. The Bertz CT molecular complexity index is 991. The van der Waals surface area contributed by atoms with Crippen LogP contribution < -0.4 is 10.2 Å². The zero-order chi connectivity index (χ0) is 19.4. The molecule has 3 rings (SSSR count). The number of ether oxygens (including phenoxy) is 1. The molecule has 138 valence electrons. The predicted octanol–water partition coefficient (Wildman–Crippen LogP) is 4.47. The highest BCUT2D eigenvalue weighted by molar-refractivity contribution is 14.1. The highest BCUT2D eigenvalue weighted by Gasteiger charge is 2.10. The van der Waals surface area contributed by atoms with Crippen LogP contribution in [-0.4, -0.2) is 23.8 Å². The van der Waals surface area contributed by atoms with Gasteiger partial charge in [0.25, 0.3) is 5.91 Å². The van der Waals surface area contributed by atoms with Gasteiger partial charge in [0.2, 0.25) is 0 Å². The normalized spacial score (nSPS) is 11.0. The summed E-state index contributed by atoms with van der Waals surface area (Å²) in [4.78, 5) is 12.2. The zero-order valence-corrected chi connectivity index (χ0v) is 17.5. The van der Waals surface area contributed by atoms with E-state index in [0.29, 0.717) is 11.3 Å². The van der Waals surface area contributed by atoms with Crippen molar-refractivity contribution < 1.29 is 9.53 Å². The molecule has 0 saturated carbocycles. The number of amides is 1. The van der Waals surface area contributed by atoms with Gasteiger partial charge in [0.15, 0.2) is 0 Å². The number of hydrazone groups is 1. The zero-order valence-electron chi connectivity index (χ0n) is 15.4. The summed E-state index contributed by atoms with van der Waals surface area (Å²) in [6, 6.07) is 17.3. The molecule has 27 heavy (non-hydrogen) atoms. The Morgan fingerprint density at radius 2 is 1.89 bits per heavy atom. The van der Waals surface area contributed by atoms with Crippen LogP contribution in [-0.2, 0) is 0 Å². The molecule has 0 saturated heterocycles. The Labute approximate surface area is 172 Å². The lowest BCUT2D eigenvalue weighted by molar-refractivity contribution is 0.0955. The van der Waals surface area contributed by atoms with Gasteiger partial charge in [0, 0.05) is 31.8 Å². The summed E-state index contributed by atoms with van der Waals surface area (Å²) in [7, 11) is 1.57. The smallest absolute Gasteiger partial charge is 0.271 e. The number of aryl methyl sites for hydroxylation is 1. The Morgan fingerprint density at radius 3 is 2.59 bits per heavy atom. The van der Waals surface area contributed by atoms with E-state index in [-0.39, 0.29) is 5.91 Å². The van der Waals surface area contributed by atoms with Crippen molar-refractivity contribution in [3.8, 4) is 11.4 Å². The van der Waals surface area contributed by atoms with Gasteiger partial charge in [0.1, 0.15) is 5.75 Å². The van der Waals surface area contributed by atoms with Crippen LogP contribution in [0.25, 0.3) is 5.69 Å². The first-order valence-electron chi connectivity index (χ1n) is 8.42. The number of nitrogens with zero attached hydrogens (tertiary/aromatic N) is 2. The van der Waals surface area contributed by atoms with Crippen LogP contribution in [0, 0.1) is 17.4 Å². The number of nitrogens with one attached hydrogen (secondary N) is 1. The molecule has 0 aliphatic rings. The molecule has 2 aromatic carbocycles. The third-order valence-electron chi connectivity index (χ3n) is 4.26. The second-order valence-corrected chi connectivity index (χ2v) is 7.32. The summed E-state index contributed by atoms with van der Waals surface area (Å²) in [5.41, 5.74) is 7.29. The Morgan fingerprint density at radius 1 is 1.15 bits per heavy atom. The molecule has 1 heterocycles. The summed E-state index contributed by atoms with van der Waals surface area (Å²) in [5, 5.41) is 4.12. The van der Waals surface area contributed by atoms with E-state index in [0.717, 1.165) is 22.6 Å². The predicted molar refractivity (Wildman–Crippen MR) is 116 cm³/mol. The maximum absolute atomic E-state index is 12.2. The fourth-order valence-electron chi connectivity index (χ4n) is 2.90. The van der Waals surface area contributed by atoms with Crippen molar-refractivity contribution >= 4 is 34.7 Å². The topological polar surface area (TPSA) is 55.6 Å². The molecule has 0 fully saturated rings. The minimum absolute atomic E-state index is 0.281. The Kier molecular flexibility index (Phi) is 5.95. The highest BCUT2D eigenvalue weighted by Crippen LogP contribution is 2.20. The first kappa shape index (κ1) is 19.2. The first-order chi connectivity index (χ1) is 13.0. The average molecular weight is 473 g/mol. The van der Waals surface area contributed by atoms with Gasteiger partial charge < -0.3 is 9.30 Å². The fourth-order valence-corrected chi connectivity index (χ4v) is 3.25. The van der Waals surface area contributed by atoms with Crippen molar-refractivity contribution in [1.82, 2.24) is 9.99 Å². The van der Waals surface area contributed by atoms with Crippen LogP contribution >= 0.6 is 22.6 Å². The summed E-state index contributed by atoms with van der Waals surface area (Å²) < 4.78 is 8.50. The van der Waals surface area contributed by atoms with E-state index in [2.05, 4.69) is 74.9 Å². The van der Waals surface area contributed by atoms with E-state index in [4.69, 9.17) is 4.74 Å². The molecule has 0 aliphatic carbocycles. The molecule has 0 atom stereocenters. The van der Waals surface area contributed by atoms with Crippen LogP contribution in [0.1, 0.15) is 27.3 Å². The van der Waals surface area contributed by atoms with E-state index in [1.165, 1.54) is 3.57 Å². The molecule has 5 nitrogen and oxygen atoms in total. The number of carbonyl (C=O) groups is 1. The molecular weight excluding hydrogens is 453 g/mol. The minimum atomic E-state index is -0.281. The number of rotatable bonds is 5. The van der Waals surface area contributed by atoms with Crippen molar-refractivity contribution in [2.24, 2.45) is 5.10 Å². The van der Waals surface area contributed by atoms with E-state index in [1.54, 1.807) is 37.6 Å². The molecule has 6 heteroatoms. The maximum Gasteiger partial charge on any atom is 0.271 e. The van der Waals surface area contributed by atoms with Gasteiger partial charge >= 0.3 is 0 Å². The first-order valence-corrected chi connectivity index (χ1v) is 9.50. The van der Waals surface area contributed by atoms with Crippen molar-refractivity contribution in [3.63, 3.8) is 0 Å². The van der Waals surface area contributed by atoms with Crippen molar-refractivity contribution in [1.29, 1.82) is 0 Å². The van der Waals surface area contributed by atoms with E-state index in [1.807, 2.05) is 6.92 Å². The third-order valence-corrected chi connectivity index (χ3v) is 4.98. The molecule has 1 amide bonds. The summed E-state index contributed by atoms with van der Waals surface area (Å²) in [5.74, 6) is 0.351. The molecule has 0 unspecified atom stereocenters. The number of hydrogen-bond donors (Lipinski definition) is 1. The van der Waals surface area contributed by atoms with Crippen LogP contribution in [0.5, 0.6) is 5.75 Å². The fraction of sp³-hybridized carbons (Fsp3) is 0.143. The van der Waals surface area contributed by atoms with Crippen molar-refractivity contribution in [2.75, 3.05) is 7.11 Å². The molecule has 0 spiro atoms. The van der Waals surface area contributed by atoms with Gasteiger partial charge in [-0.3, -0.25) is 4.79 Å². The van der Waals surface area contributed by atoms with Crippen LogP contribution in [0.4, 0.5) is 0 Å². The van der Waals surface area contributed by atoms with Gasteiger partial charge in [-0.2, -0.15) is 5.10 Å². The lowest BCUT2D eigenvalue weighted by Crippen LogP contribution is -2.17. The molecule has 0 aliphatic heterocycles. The molecule has 0 bridgehead atoms. The largest absolute Gasteiger partial charge is 0.497 e. The SMILES string of the molecule is COc1cccc(C(=O)N/N=C\c2cc(C)n(-c3ccc(I)cc3)c2C)c1. The van der Waals surface area contributed by atoms with Crippen LogP contribution in [0.15, 0.2) is 59.7 Å². The van der Waals surface area contributed by atoms with E-state index >= 15 is 0 Å². The van der Waals surface area contributed by atoms with Crippen molar-refractivity contribution in [3.05, 3.63) is 80.7 Å². The lowest BCUT2D eigenvalue weighted by Gasteiger charge is -2.09. The second kappa shape index (κ2) is 8.39. The number of carbonyl (C=O) groups excluding carboxylic acids is 1. The Hall–Kier alpha value is -2.61. The number of benzene rings is 2. The molecule has 1 N–H and O–H groups in total. The number of aromatic nitrogens is 1. The van der Waals surface area contributed by atoms with Crippen molar-refractivity contribution in [2.45, 2.75) is 13.8 Å². The van der Waals surface area contributed by atoms with Gasteiger partial charge in [-0.25, -0.2) is 5.43 Å². The van der Waals surface area contributed by atoms with Gasteiger partial charge in [-0.15, -0.1) is 0 Å². The van der Waals surface area contributed by atoms with E-state index < -0.39 is 0 Å². The highest BCUT2D eigenvalue weighted by atomic mass is 127. The van der Waals surface area contributed by atoms with Crippen LogP contribution in [0.3, 0.4) is 0 Å². The van der Waals surface area contributed by atoms with E-state index in [9.17, 15) is 4.79 Å². The quantitative estimate of drug-likeness (QED) is 0.338. The second-order valence-electron chi connectivity index (χ2n) is 6.07. The molecule has 3 aromatic rings. The summed E-state index contributed by atoms with van der Waals surface area (Å²) in [6.07, 6.45) is 1.67. The van der Waals surface area contributed by atoms with Gasteiger partial charge in [-0.05, 0) is 85.0 Å². The monoisotopic (exact) mass is 473 g/mol. The standard InChI is InChI=1S/C21H20IN3O2/c1-14-11-17(15(2)25(14)19-9-7-18(22)8-10-19)13-23-24-21(26)16-5-4-6-20(12-16)27-3/h4-13H,1-3H3,(H,24,26)/b23-13-. The average Bonchev–Trinajstić information content (AvgIpc) is 2.96.